The van der Waals surface area contributed by atoms with Gasteiger partial charge >= 0.3 is 0 Å². The van der Waals surface area contributed by atoms with Crippen molar-refractivity contribution < 1.29 is 9.47 Å². The highest BCUT2D eigenvalue weighted by atomic mass is 79.9. The molecule has 1 fully saturated rings. The Morgan fingerprint density at radius 2 is 2.29 bits per heavy atom. The van der Waals surface area contributed by atoms with Gasteiger partial charge in [-0.05, 0) is 19.1 Å². The molecular formula is C13H16BrNO2. The van der Waals surface area contributed by atoms with Crippen LogP contribution in [0.5, 0.6) is 5.75 Å². The standard InChI is InChI=1S/C13H16BrNO2/c1-8-13(4-5-16-8)7-11(15)10-3-2-9(14)6-12(10)17-13/h2-3,6,8,11H,4-5,7,15H2,1H3/t8?,11-,13?/m0/s1. The van der Waals surface area contributed by atoms with Crippen molar-refractivity contribution in [2.75, 3.05) is 6.61 Å². The van der Waals surface area contributed by atoms with Gasteiger partial charge in [0.15, 0.2) is 0 Å². The highest BCUT2D eigenvalue weighted by Crippen LogP contribution is 2.45. The lowest BCUT2D eigenvalue weighted by atomic mass is 9.83. The molecule has 0 aromatic heterocycles. The molecule has 3 nitrogen and oxygen atoms in total. The summed E-state index contributed by atoms with van der Waals surface area (Å²) in [5.41, 5.74) is 7.13. The van der Waals surface area contributed by atoms with Crippen LogP contribution >= 0.6 is 15.9 Å². The lowest BCUT2D eigenvalue weighted by Gasteiger charge is -2.40. The average molecular weight is 298 g/mol. The minimum absolute atomic E-state index is 0.0380. The van der Waals surface area contributed by atoms with Crippen molar-refractivity contribution in [3.63, 3.8) is 0 Å². The lowest BCUT2D eigenvalue weighted by molar-refractivity contribution is -0.0275. The molecule has 1 aromatic rings. The van der Waals surface area contributed by atoms with Gasteiger partial charge < -0.3 is 15.2 Å². The molecule has 1 spiro atoms. The van der Waals surface area contributed by atoms with Crippen molar-refractivity contribution in [3.05, 3.63) is 28.2 Å². The molecule has 0 aliphatic carbocycles. The summed E-state index contributed by atoms with van der Waals surface area (Å²) in [5.74, 6) is 0.899. The highest BCUT2D eigenvalue weighted by Gasteiger charge is 2.48. The normalized spacial score (nSPS) is 35.7. The summed E-state index contributed by atoms with van der Waals surface area (Å²) in [4.78, 5) is 0. The highest BCUT2D eigenvalue weighted by molar-refractivity contribution is 9.10. The quantitative estimate of drug-likeness (QED) is 0.801. The average Bonchev–Trinajstić information content (AvgIpc) is 2.59. The third-order valence-corrected chi connectivity index (χ3v) is 4.38. The van der Waals surface area contributed by atoms with E-state index in [9.17, 15) is 0 Å². The van der Waals surface area contributed by atoms with Crippen LogP contribution in [0.3, 0.4) is 0 Å². The van der Waals surface area contributed by atoms with E-state index in [4.69, 9.17) is 15.2 Å². The van der Waals surface area contributed by atoms with Crippen LogP contribution in [0.15, 0.2) is 22.7 Å². The maximum atomic E-state index is 6.26. The van der Waals surface area contributed by atoms with Crippen molar-refractivity contribution in [1.82, 2.24) is 0 Å². The molecule has 0 saturated carbocycles. The van der Waals surface area contributed by atoms with E-state index in [0.29, 0.717) is 0 Å². The van der Waals surface area contributed by atoms with E-state index in [1.807, 2.05) is 18.2 Å². The molecule has 3 rings (SSSR count). The predicted octanol–water partition coefficient (Wildman–Crippen LogP) is 2.78. The van der Waals surface area contributed by atoms with Gasteiger partial charge in [-0.1, -0.05) is 22.0 Å². The Hall–Kier alpha value is -0.580. The topological polar surface area (TPSA) is 44.5 Å². The fourth-order valence-corrected chi connectivity index (χ4v) is 3.15. The number of halogens is 1. The minimum Gasteiger partial charge on any atom is -0.484 e. The first kappa shape index (κ1) is 11.5. The van der Waals surface area contributed by atoms with Crippen LogP contribution in [0.25, 0.3) is 0 Å². The van der Waals surface area contributed by atoms with Gasteiger partial charge in [0, 0.05) is 28.9 Å². The molecule has 2 heterocycles. The molecule has 0 radical (unpaired) electrons. The molecule has 2 aliphatic rings. The molecule has 2 unspecified atom stereocenters. The number of hydrogen-bond acceptors (Lipinski definition) is 3. The molecule has 1 aromatic carbocycles. The summed E-state index contributed by atoms with van der Waals surface area (Å²) >= 11 is 3.47. The molecule has 0 bridgehead atoms. The lowest BCUT2D eigenvalue weighted by Crippen LogP contribution is -2.47. The second-order valence-corrected chi connectivity index (χ2v) is 5.84. The number of ether oxygens (including phenoxy) is 2. The summed E-state index contributed by atoms with van der Waals surface area (Å²) in [6, 6.07) is 6.09. The van der Waals surface area contributed by atoms with Crippen molar-refractivity contribution in [1.29, 1.82) is 0 Å². The van der Waals surface area contributed by atoms with Crippen LogP contribution in [0.4, 0.5) is 0 Å². The first-order valence-electron chi connectivity index (χ1n) is 5.96. The van der Waals surface area contributed by atoms with Crippen molar-refractivity contribution in [2.24, 2.45) is 5.73 Å². The molecule has 1 saturated heterocycles. The molecule has 17 heavy (non-hydrogen) atoms. The van der Waals surface area contributed by atoms with Gasteiger partial charge in [-0.2, -0.15) is 0 Å². The van der Waals surface area contributed by atoms with Gasteiger partial charge in [-0.3, -0.25) is 0 Å². The summed E-state index contributed by atoms with van der Waals surface area (Å²) < 4.78 is 12.9. The van der Waals surface area contributed by atoms with Gasteiger partial charge in [0.1, 0.15) is 11.4 Å². The zero-order valence-electron chi connectivity index (χ0n) is 9.78. The van der Waals surface area contributed by atoms with Crippen LogP contribution in [-0.2, 0) is 4.74 Å². The smallest absolute Gasteiger partial charge is 0.139 e. The molecular weight excluding hydrogens is 282 g/mol. The minimum atomic E-state index is -0.229. The molecule has 2 N–H and O–H groups in total. The number of nitrogens with two attached hydrogens (primary N) is 1. The molecule has 0 amide bonds. The van der Waals surface area contributed by atoms with Gasteiger partial charge in [0.05, 0.1) is 12.7 Å². The first-order valence-corrected chi connectivity index (χ1v) is 6.76. The predicted molar refractivity (Wildman–Crippen MR) is 69.1 cm³/mol. The number of hydrogen-bond donors (Lipinski definition) is 1. The SMILES string of the molecule is CC1OCCC12C[C@H](N)c1ccc(Br)cc1O2. The largest absolute Gasteiger partial charge is 0.484 e. The van der Waals surface area contributed by atoms with Crippen LogP contribution in [0.2, 0.25) is 0 Å². The van der Waals surface area contributed by atoms with E-state index >= 15 is 0 Å². The van der Waals surface area contributed by atoms with Crippen LogP contribution in [-0.4, -0.2) is 18.3 Å². The summed E-state index contributed by atoms with van der Waals surface area (Å²) in [6.07, 6.45) is 1.87. The Morgan fingerprint density at radius 3 is 3.00 bits per heavy atom. The monoisotopic (exact) mass is 297 g/mol. The molecule has 3 atom stereocenters. The summed E-state index contributed by atoms with van der Waals surface area (Å²) in [5, 5.41) is 0. The second-order valence-electron chi connectivity index (χ2n) is 4.92. The van der Waals surface area contributed by atoms with E-state index in [1.54, 1.807) is 0 Å². The summed E-state index contributed by atoms with van der Waals surface area (Å²) in [6.45, 7) is 2.83. The van der Waals surface area contributed by atoms with Gasteiger partial charge in [-0.15, -0.1) is 0 Å². The zero-order chi connectivity index (χ0) is 12.0. The van der Waals surface area contributed by atoms with E-state index in [0.717, 1.165) is 35.2 Å². The number of rotatable bonds is 0. The van der Waals surface area contributed by atoms with Gasteiger partial charge in [0.2, 0.25) is 0 Å². The van der Waals surface area contributed by atoms with E-state index in [-0.39, 0.29) is 17.7 Å². The maximum Gasteiger partial charge on any atom is 0.139 e. The Morgan fingerprint density at radius 1 is 1.47 bits per heavy atom. The third kappa shape index (κ3) is 1.79. The Kier molecular flexibility index (Phi) is 2.69. The summed E-state index contributed by atoms with van der Waals surface area (Å²) in [7, 11) is 0. The van der Waals surface area contributed by atoms with E-state index in [1.165, 1.54) is 0 Å². The second kappa shape index (κ2) is 3.97. The van der Waals surface area contributed by atoms with E-state index in [2.05, 4.69) is 22.9 Å². The van der Waals surface area contributed by atoms with Crippen molar-refractivity contribution in [2.45, 2.75) is 37.5 Å². The fourth-order valence-electron chi connectivity index (χ4n) is 2.81. The van der Waals surface area contributed by atoms with Gasteiger partial charge in [0.25, 0.3) is 0 Å². The Labute approximate surface area is 109 Å². The fraction of sp³-hybridized carbons (Fsp3) is 0.538. The van der Waals surface area contributed by atoms with E-state index < -0.39 is 0 Å². The molecule has 4 heteroatoms. The number of fused-ring (bicyclic) bond motifs is 1. The van der Waals surface area contributed by atoms with Crippen LogP contribution < -0.4 is 10.5 Å². The van der Waals surface area contributed by atoms with Crippen LogP contribution in [0, 0.1) is 0 Å². The van der Waals surface area contributed by atoms with Crippen LogP contribution in [0.1, 0.15) is 31.4 Å². The molecule has 92 valence electrons. The van der Waals surface area contributed by atoms with Gasteiger partial charge in [-0.25, -0.2) is 0 Å². The van der Waals surface area contributed by atoms with Crippen molar-refractivity contribution >= 4 is 15.9 Å². The first-order chi connectivity index (χ1) is 8.11. The zero-order valence-corrected chi connectivity index (χ0v) is 11.4. The Bertz CT molecular complexity index is 451. The third-order valence-electron chi connectivity index (χ3n) is 3.89. The number of benzene rings is 1. The van der Waals surface area contributed by atoms with Crippen molar-refractivity contribution in [3.8, 4) is 5.75 Å². The molecule has 2 aliphatic heterocycles. The maximum absolute atomic E-state index is 6.26. The Balaban J connectivity index is 2.02.